The van der Waals surface area contributed by atoms with E-state index >= 15 is 0 Å². The number of carbonyl (C=O) groups is 2. The molecule has 0 spiro atoms. The van der Waals surface area contributed by atoms with E-state index in [9.17, 15) is 14.7 Å². The number of aromatic nitrogens is 3. The standard InChI is InChI=1S/C27H31N5O4/c1-18-15-32(19(2)17-33)27(35)23-11-22(21-7-5-9-29-13-21)14-30-26(23)36-24(18)16-31(3)25(34)10-20-6-4-8-28-12-20/h4-9,11-14,18-19,24,33H,10,15-17H2,1-3H3/t18-,19-,24-/m0/s1. The number of amides is 2. The Morgan fingerprint density at radius 1 is 1.19 bits per heavy atom. The zero-order chi connectivity index (χ0) is 25.7. The third-order valence-electron chi connectivity index (χ3n) is 6.47. The van der Waals surface area contributed by atoms with E-state index in [1.807, 2.05) is 32.0 Å². The molecular formula is C27H31N5O4. The number of ether oxygens (including phenoxy) is 1. The topological polar surface area (TPSA) is 109 Å². The quantitative estimate of drug-likeness (QED) is 0.543. The van der Waals surface area contributed by atoms with Crippen LogP contribution in [0, 0.1) is 5.92 Å². The van der Waals surface area contributed by atoms with Crippen molar-refractivity contribution in [2.24, 2.45) is 5.92 Å². The first kappa shape index (κ1) is 25.2. The minimum atomic E-state index is -0.412. The number of rotatable bonds is 7. The molecule has 0 unspecified atom stereocenters. The summed E-state index contributed by atoms with van der Waals surface area (Å²) in [7, 11) is 1.74. The normalized spacial score (nSPS) is 18.4. The van der Waals surface area contributed by atoms with Crippen molar-refractivity contribution in [1.82, 2.24) is 24.8 Å². The lowest BCUT2D eigenvalue weighted by atomic mass is 9.99. The summed E-state index contributed by atoms with van der Waals surface area (Å²) in [5.74, 6) is -0.217. The van der Waals surface area contributed by atoms with Gasteiger partial charge < -0.3 is 19.6 Å². The number of hydrogen-bond donors (Lipinski definition) is 1. The molecule has 2 amide bonds. The van der Waals surface area contributed by atoms with Crippen LogP contribution in [0.25, 0.3) is 11.1 Å². The Bertz CT molecular complexity index is 1190. The predicted molar refractivity (Wildman–Crippen MR) is 134 cm³/mol. The van der Waals surface area contributed by atoms with E-state index in [0.717, 1.165) is 16.7 Å². The maximum atomic E-state index is 13.6. The molecule has 0 saturated heterocycles. The van der Waals surface area contributed by atoms with E-state index in [0.29, 0.717) is 18.7 Å². The summed E-state index contributed by atoms with van der Waals surface area (Å²) >= 11 is 0. The summed E-state index contributed by atoms with van der Waals surface area (Å²) in [4.78, 5) is 42.5. The van der Waals surface area contributed by atoms with E-state index in [2.05, 4.69) is 15.0 Å². The van der Waals surface area contributed by atoms with Gasteiger partial charge in [-0.1, -0.05) is 19.1 Å². The van der Waals surface area contributed by atoms with Gasteiger partial charge in [0.1, 0.15) is 11.7 Å². The van der Waals surface area contributed by atoms with Crippen LogP contribution in [-0.2, 0) is 11.2 Å². The SMILES string of the molecule is C[C@H]1CN([C@@H](C)CO)C(=O)c2cc(-c3cccnc3)cnc2O[C@H]1CN(C)C(=O)Cc1cccnc1. The van der Waals surface area contributed by atoms with Crippen molar-refractivity contribution in [3.05, 3.63) is 72.4 Å². The van der Waals surface area contributed by atoms with Crippen LogP contribution in [0.15, 0.2) is 61.3 Å². The lowest BCUT2D eigenvalue weighted by molar-refractivity contribution is -0.130. The number of hydrogen-bond acceptors (Lipinski definition) is 7. The fourth-order valence-corrected chi connectivity index (χ4v) is 4.20. The highest BCUT2D eigenvalue weighted by Crippen LogP contribution is 2.30. The molecule has 0 radical (unpaired) electrons. The van der Waals surface area contributed by atoms with Crippen LogP contribution in [0.5, 0.6) is 5.88 Å². The van der Waals surface area contributed by atoms with E-state index in [4.69, 9.17) is 4.74 Å². The van der Waals surface area contributed by atoms with E-state index in [1.165, 1.54) is 0 Å². The third-order valence-corrected chi connectivity index (χ3v) is 6.47. The van der Waals surface area contributed by atoms with Gasteiger partial charge in [0.25, 0.3) is 5.91 Å². The molecule has 4 heterocycles. The van der Waals surface area contributed by atoms with E-state index < -0.39 is 12.1 Å². The molecule has 9 heteroatoms. The third kappa shape index (κ3) is 5.68. The second-order valence-corrected chi connectivity index (χ2v) is 9.25. The molecule has 3 aromatic heterocycles. The highest BCUT2D eigenvalue weighted by atomic mass is 16.5. The Morgan fingerprint density at radius 3 is 2.61 bits per heavy atom. The summed E-state index contributed by atoms with van der Waals surface area (Å²) in [6.45, 7) is 4.30. The first-order chi connectivity index (χ1) is 17.4. The molecule has 0 saturated carbocycles. The van der Waals surface area contributed by atoms with Gasteiger partial charge in [-0.25, -0.2) is 4.98 Å². The summed E-state index contributed by atoms with van der Waals surface area (Å²) in [5, 5.41) is 9.85. The average Bonchev–Trinajstić information content (AvgIpc) is 2.91. The van der Waals surface area contributed by atoms with Crippen LogP contribution in [0.4, 0.5) is 0 Å². The van der Waals surface area contributed by atoms with Crippen molar-refractivity contribution in [3.63, 3.8) is 0 Å². The van der Waals surface area contributed by atoms with E-state index in [-0.39, 0.29) is 36.6 Å². The molecule has 0 aliphatic carbocycles. The molecule has 188 valence electrons. The number of pyridine rings is 3. The molecule has 1 aliphatic rings. The van der Waals surface area contributed by atoms with Crippen LogP contribution >= 0.6 is 0 Å². The van der Waals surface area contributed by atoms with Crippen LogP contribution in [0.2, 0.25) is 0 Å². The molecule has 1 aliphatic heterocycles. The van der Waals surface area contributed by atoms with Crippen LogP contribution in [-0.4, -0.2) is 80.6 Å². The van der Waals surface area contributed by atoms with Crippen molar-refractivity contribution >= 4 is 11.8 Å². The number of carbonyl (C=O) groups excluding carboxylic acids is 2. The fourth-order valence-electron chi connectivity index (χ4n) is 4.20. The van der Waals surface area contributed by atoms with Gasteiger partial charge in [-0.2, -0.15) is 0 Å². The van der Waals surface area contributed by atoms with Gasteiger partial charge in [-0.05, 0) is 30.7 Å². The van der Waals surface area contributed by atoms with Gasteiger partial charge in [-0.15, -0.1) is 0 Å². The zero-order valence-electron chi connectivity index (χ0n) is 20.7. The zero-order valence-corrected chi connectivity index (χ0v) is 20.7. The van der Waals surface area contributed by atoms with Gasteiger partial charge >= 0.3 is 0 Å². The highest BCUT2D eigenvalue weighted by Gasteiger charge is 2.34. The van der Waals surface area contributed by atoms with Crippen LogP contribution in [0.3, 0.4) is 0 Å². The minimum Gasteiger partial charge on any atom is -0.472 e. The largest absolute Gasteiger partial charge is 0.472 e. The number of likely N-dealkylation sites (N-methyl/N-ethyl adjacent to an activating group) is 1. The molecule has 3 atom stereocenters. The molecule has 0 aromatic carbocycles. The molecule has 1 N–H and O–H groups in total. The Morgan fingerprint density at radius 2 is 1.94 bits per heavy atom. The van der Waals surface area contributed by atoms with Crippen LogP contribution < -0.4 is 4.74 Å². The molecule has 4 rings (SSSR count). The smallest absolute Gasteiger partial charge is 0.259 e. The predicted octanol–water partition coefficient (Wildman–Crippen LogP) is 2.46. The van der Waals surface area contributed by atoms with Crippen molar-refractivity contribution in [1.29, 1.82) is 0 Å². The summed E-state index contributed by atoms with van der Waals surface area (Å²) < 4.78 is 6.30. The maximum absolute atomic E-state index is 13.6. The fraction of sp³-hybridized carbons (Fsp3) is 0.370. The lowest BCUT2D eigenvalue weighted by Crippen LogP contribution is -2.50. The Hall–Kier alpha value is -3.85. The summed E-state index contributed by atoms with van der Waals surface area (Å²) in [5.41, 5.74) is 2.72. The van der Waals surface area contributed by atoms with Crippen LogP contribution in [0.1, 0.15) is 29.8 Å². The first-order valence-electron chi connectivity index (χ1n) is 12.0. The second-order valence-electron chi connectivity index (χ2n) is 9.25. The minimum absolute atomic E-state index is 0.0578. The lowest BCUT2D eigenvalue weighted by Gasteiger charge is -2.37. The Balaban J connectivity index is 1.62. The molecule has 9 nitrogen and oxygen atoms in total. The highest BCUT2D eigenvalue weighted by molar-refractivity contribution is 5.98. The maximum Gasteiger partial charge on any atom is 0.259 e. The van der Waals surface area contributed by atoms with Crippen molar-refractivity contribution in [3.8, 4) is 17.0 Å². The molecule has 0 bridgehead atoms. The molecule has 3 aromatic rings. The molecule has 0 fully saturated rings. The van der Waals surface area contributed by atoms with Gasteiger partial charge in [0, 0.05) is 61.6 Å². The Labute approximate surface area is 210 Å². The average molecular weight is 490 g/mol. The van der Waals surface area contributed by atoms with Crippen molar-refractivity contribution < 1.29 is 19.4 Å². The first-order valence-corrected chi connectivity index (χ1v) is 12.0. The number of nitrogens with zero attached hydrogens (tertiary/aromatic N) is 5. The number of aliphatic hydroxyl groups is 1. The van der Waals surface area contributed by atoms with Gasteiger partial charge in [0.15, 0.2) is 0 Å². The van der Waals surface area contributed by atoms with Crippen molar-refractivity contribution in [2.45, 2.75) is 32.4 Å². The Kier molecular flexibility index (Phi) is 7.90. The number of fused-ring (bicyclic) bond motifs is 1. The number of aliphatic hydroxyl groups excluding tert-OH is 1. The van der Waals surface area contributed by atoms with Gasteiger partial charge in [0.2, 0.25) is 11.8 Å². The van der Waals surface area contributed by atoms with E-state index in [1.54, 1.807) is 60.0 Å². The van der Waals surface area contributed by atoms with Gasteiger partial charge in [-0.3, -0.25) is 19.6 Å². The summed E-state index contributed by atoms with van der Waals surface area (Å²) in [6, 6.07) is 8.75. The molecule has 36 heavy (non-hydrogen) atoms. The molecular weight excluding hydrogens is 458 g/mol. The van der Waals surface area contributed by atoms with Gasteiger partial charge in [0.05, 0.1) is 25.6 Å². The second kappa shape index (κ2) is 11.3. The van der Waals surface area contributed by atoms with Crippen molar-refractivity contribution in [2.75, 3.05) is 26.7 Å². The summed E-state index contributed by atoms with van der Waals surface area (Å²) in [6.07, 6.45) is 8.22. The monoisotopic (exact) mass is 489 g/mol.